The molecule has 0 bridgehead atoms. The number of nitrogens with zero attached hydrogens (tertiary/aromatic N) is 1. The van der Waals surface area contributed by atoms with E-state index in [-0.39, 0.29) is 23.1 Å². The first kappa shape index (κ1) is 16.9. The molecule has 2 heterocycles. The van der Waals surface area contributed by atoms with E-state index < -0.39 is 0 Å². The molecule has 1 aromatic carbocycles. The Morgan fingerprint density at radius 3 is 2.65 bits per heavy atom. The summed E-state index contributed by atoms with van der Waals surface area (Å²) in [5.74, 6) is 0.731. The molecule has 1 fully saturated rings. The lowest BCUT2D eigenvalue weighted by Crippen LogP contribution is -2.44. The van der Waals surface area contributed by atoms with Crippen LogP contribution in [0.3, 0.4) is 0 Å². The summed E-state index contributed by atoms with van der Waals surface area (Å²) in [4.78, 5) is 26.4. The van der Waals surface area contributed by atoms with Crippen LogP contribution in [0.2, 0.25) is 0 Å². The fraction of sp³-hybridized carbons (Fsp3) is 0.429. The summed E-state index contributed by atoms with van der Waals surface area (Å²) in [5, 5.41) is 2.75. The number of nitrogens with one attached hydrogen (secondary N) is 1. The van der Waals surface area contributed by atoms with Crippen LogP contribution in [0, 0.1) is 0 Å². The fourth-order valence-electron chi connectivity index (χ4n) is 4.70. The van der Waals surface area contributed by atoms with Crippen molar-refractivity contribution in [2.24, 2.45) is 0 Å². The zero-order chi connectivity index (χ0) is 18.1. The summed E-state index contributed by atoms with van der Waals surface area (Å²) in [6.45, 7) is 1.45. The minimum Gasteiger partial charge on any atom is -0.459 e. The normalized spacial score (nSPS) is 20.8. The van der Waals surface area contributed by atoms with E-state index in [1.54, 1.807) is 19.2 Å². The van der Waals surface area contributed by atoms with Crippen LogP contribution in [0.4, 0.5) is 0 Å². The Morgan fingerprint density at radius 2 is 1.96 bits per heavy atom. The SMILES string of the molecule is CNC(=O)C[C@@H]1CC2(CCN(C(=O)c3ccco3)CC2)c2ccccc21. The maximum Gasteiger partial charge on any atom is 0.289 e. The summed E-state index contributed by atoms with van der Waals surface area (Å²) >= 11 is 0. The van der Waals surface area contributed by atoms with Gasteiger partial charge in [0.05, 0.1) is 6.26 Å². The van der Waals surface area contributed by atoms with Gasteiger partial charge >= 0.3 is 0 Å². The minimum atomic E-state index is -0.0296. The molecule has 2 aromatic rings. The number of carbonyl (C=O) groups is 2. The van der Waals surface area contributed by atoms with Gasteiger partial charge in [0.15, 0.2) is 5.76 Å². The lowest BCUT2D eigenvalue weighted by molar-refractivity contribution is -0.121. The molecule has 136 valence electrons. The van der Waals surface area contributed by atoms with Gasteiger partial charge in [-0.1, -0.05) is 24.3 Å². The first-order valence-electron chi connectivity index (χ1n) is 9.26. The molecule has 0 unspecified atom stereocenters. The molecule has 2 aliphatic rings. The van der Waals surface area contributed by atoms with Crippen molar-refractivity contribution in [2.75, 3.05) is 20.1 Å². The molecule has 26 heavy (non-hydrogen) atoms. The first-order valence-corrected chi connectivity index (χ1v) is 9.26. The molecular weight excluding hydrogens is 328 g/mol. The summed E-state index contributed by atoms with van der Waals surface area (Å²) in [5.41, 5.74) is 2.76. The van der Waals surface area contributed by atoms with Crippen molar-refractivity contribution < 1.29 is 14.0 Å². The van der Waals surface area contributed by atoms with Gasteiger partial charge in [-0.05, 0) is 53.9 Å². The van der Waals surface area contributed by atoms with E-state index in [1.807, 2.05) is 4.90 Å². The predicted octanol–water partition coefficient (Wildman–Crippen LogP) is 3.08. The second-order valence-corrected chi connectivity index (χ2v) is 7.42. The van der Waals surface area contributed by atoms with Crippen LogP contribution in [-0.4, -0.2) is 36.9 Å². The molecule has 1 spiro atoms. The number of furan rings is 1. The first-order chi connectivity index (χ1) is 12.6. The zero-order valence-electron chi connectivity index (χ0n) is 15.0. The zero-order valence-corrected chi connectivity index (χ0v) is 15.0. The van der Waals surface area contributed by atoms with Crippen molar-refractivity contribution in [3.05, 3.63) is 59.5 Å². The van der Waals surface area contributed by atoms with Crippen LogP contribution in [0.1, 0.15) is 53.3 Å². The Kier molecular flexibility index (Phi) is 4.31. The van der Waals surface area contributed by atoms with Gasteiger partial charge in [-0.3, -0.25) is 9.59 Å². The highest BCUT2D eigenvalue weighted by Crippen LogP contribution is 2.52. The van der Waals surface area contributed by atoms with Crippen molar-refractivity contribution in [3.63, 3.8) is 0 Å². The van der Waals surface area contributed by atoms with E-state index in [2.05, 4.69) is 29.6 Å². The molecule has 5 nitrogen and oxygen atoms in total. The fourth-order valence-corrected chi connectivity index (χ4v) is 4.70. The van der Waals surface area contributed by atoms with Gasteiger partial charge in [0, 0.05) is 26.6 Å². The summed E-state index contributed by atoms with van der Waals surface area (Å²) in [7, 11) is 1.69. The van der Waals surface area contributed by atoms with E-state index in [4.69, 9.17) is 4.42 Å². The minimum absolute atomic E-state index is 0.0296. The highest BCUT2D eigenvalue weighted by atomic mass is 16.3. The van der Waals surface area contributed by atoms with E-state index in [0.717, 1.165) is 32.4 Å². The lowest BCUT2D eigenvalue weighted by atomic mass is 9.73. The highest BCUT2D eigenvalue weighted by molar-refractivity contribution is 5.91. The second kappa shape index (κ2) is 6.63. The number of rotatable bonds is 3. The maximum atomic E-state index is 12.5. The van der Waals surface area contributed by atoms with E-state index >= 15 is 0 Å². The van der Waals surface area contributed by atoms with Crippen LogP contribution in [0.5, 0.6) is 0 Å². The summed E-state index contributed by atoms with van der Waals surface area (Å²) in [6.07, 6.45) is 4.92. The molecule has 1 saturated heterocycles. The highest BCUT2D eigenvalue weighted by Gasteiger charge is 2.46. The third-order valence-corrected chi connectivity index (χ3v) is 6.06. The van der Waals surface area contributed by atoms with Crippen LogP contribution in [0.15, 0.2) is 47.1 Å². The number of benzene rings is 1. The van der Waals surface area contributed by atoms with Crippen LogP contribution < -0.4 is 5.32 Å². The third-order valence-electron chi connectivity index (χ3n) is 6.06. The van der Waals surface area contributed by atoms with E-state index in [0.29, 0.717) is 12.2 Å². The van der Waals surface area contributed by atoms with E-state index in [9.17, 15) is 9.59 Å². The number of amides is 2. The number of piperidine rings is 1. The third kappa shape index (κ3) is 2.81. The Morgan fingerprint density at radius 1 is 1.19 bits per heavy atom. The van der Waals surface area contributed by atoms with Crippen molar-refractivity contribution in [1.82, 2.24) is 10.2 Å². The summed E-state index contributed by atoms with van der Waals surface area (Å²) in [6, 6.07) is 12.0. The quantitative estimate of drug-likeness (QED) is 0.923. The van der Waals surface area contributed by atoms with Gasteiger partial charge in [0.25, 0.3) is 5.91 Å². The van der Waals surface area contributed by atoms with Gasteiger partial charge in [-0.15, -0.1) is 0 Å². The van der Waals surface area contributed by atoms with Crippen molar-refractivity contribution in [2.45, 2.75) is 37.0 Å². The van der Waals surface area contributed by atoms with Crippen LogP contribution >= 0.6 is 0 Å². The summed E-state index contributed by atoms with van der Waals surface area (Å²) < 4.78 is 5.26. The smallest absolute Gasteiger partial charge is 0.289 e. The second-order valence-electron chi connectivity index (χ2n) is 7.42. The topological polar surface area (TPSA) is 62.6 Å². The van der Waals surface area contributed by atoms with Crippen molar-refractivity contribution in [3.8, 4) is 0 Å². The molecular formula is C21H24N2O3. The maximum absolute atomic E-state index is 12.5. The molecule has 1 atom stereocenters. The van der Waals surface area contributed by atoms with E-state index in [1.165, 1.54) is 17.4 Å². The Hall–Kier alpha value is -2.56. The van der Waals surface area contributed by atoms with Gasteiger partial charge in [0.1, 0.15) is 0 Å². The van der Waals surface area contributed by atoms with Gasteiger partial charge in [0.2, 0.25) is 5.91 Å². The van der Waals surface area contributed by atoms with Crippen molar-refractivity contribution >= 4 is 11.8 Å². The Bertz CT molecular complexity index is 804. The monoisotopic (exact) mass is 352 g/mol. The van der Waals surface area contributed by atoms with Gasteiger partial charge in [-0.2, -0.15) is 0 Å². The standard InChI is InChI=1S/C21H24N2O3/c1-22-19(24)13-15-14-21(17-6-3-2-5-16(15)17)8-10-23(11-9-21)20(25)18-7-4-12-26-18/h2-7,12,15H,8-11,13-14H2,1H3,(H,22,24)/t15-/m1/s1. The largest absolute Gasteiger partial charge is 0.459 e. The van der Waals surface area contributed by atoms with Crippen LogP contribution in [-0.2, 0) is 10.2 Å². The predicted molar refractivity (Wildman–Crippen MR) is 98.0 cm³/mol. The molecule has 2 amide bonds. The molecule has 1 aliphatic carbocycles. The van der Waals surface area contributed by atoms with Crippen LogP contribution in [0.25, 0.3) is 0 Å². The molecule has 0 saturated carbocycles. The number of hydrogen-bond donors (Lipinski definition) is 1. The Balaban J connectivity index is 1.53. The average Bonchev–Trinajstić information content (AvgIpc) is 3.30. The molecule has 1 N–H and O–H groups in total. The Labute approximate surface area is 153 Å². The number of hydrogen-bond acceptors (Lipinski definition) is 3. The number of fused-ring (bicyclic) bond motifs is 2. The number of likely N-dealkylation sites (tertiary alicyclic amines) is 1. The molecule has 1 aliphatic heterocycles. The lowest BCUT2D eigenvalue weighted by Gasteiger charge is -2.40. The molecule has 4 rings (SSSR count). The van der Waals surface area contributed by atoms with Gasteiger partial charge in [-0.25, -0.2) is 0 Å². The van der Waals surface area contributed by atoms with Crippen molar-refractivity contribution in [1.29, 1.82) is 0 Å². The average molecular weight is 352 g/mol. The molecule has 0 radical (unpaired) electrons. The molecule has 1 aromatic heterocycles. The number of carbonyl (C=O) groups excluding carboxylic acids is 2. The van der Waals surface area contributed by atoms with Gasteiger partial charge < -0.3 is 14.6 Å². The molecule has 5 heteroatoms.